The number of carbonyl (C=O) groups excluding carboxylic acids is 1. The number of anilines is 1. The summed E-state index contributed by atoms with van der Waals surface area (Å²) < 4.78 is 10.7. The van der Waals surface area contributed by atoms with Crippen LogP contribution in [0.3, 0.4) is 0 Å². The molecule has 1 aromatic carbocycles. The molecule has 0 fully saturated rings. The normalized spacial score (nSPS) is 13.7. The number of ether oxygens (including phenoxy) is 2. The van der Waals surface area contributed by atoms with Crippen molar-refractivity contribution in [2.24, 2.45) is 11.1 Å². The van der Waals surface area contributed by atoms with Crippen molar-refractivity contribution in [2.75, 3.05) is 25.1 Å². The van der Waals surface area contributed by atoms with Crippen LogP contribution in [-0.2, 0) is 4.79 Å². The first kappa shape index (κ1) is 15.0. The summed E-state index contributed by atoms with van der Waals surface area (Å²) in [6.45, 7) is 4.12. The molecule has 21 heavy (non-hydrogen) atoms. The number of nitro benzene ring substituents is 1. The van der Waals surface area contributed by atoms with E-state index in [0.717, 1.165) is 0 Å². The van der Waals surface area contributed by atoms with E-state index in [4.69, 9.17) is 15.2 Å². The van der Waals surface area contributed by atoms with E-state index in [1.807, 2.05) is 0 Å². The first-order valence-corrected chi connectivity index (χ1v) is 6.44. The molecule has 0 radical (unpaired) electrons. The highest BCUT2D eigenvalue weighted by molar-refractivity contribution is 5.97. The van der Waals surface area contributed by atoms with Crippen LogP contribution < -0.4 is 20.5 Å². The van der Waals surface area contributed by atoms with Crippen LogP contribution in [0.25, 0.3) is 0 Å². The minimum absolute atomic E-state index is 0.0655. The summed E-state index contributed by atoms with van der Waals surface area (Å²) >= 11 is 0. The zero-order valence-corrected chi connectivity index (χ0v) is 11.8. The molecule has 1 heterocycles. The van der Waals surface area contributed by atoms with Crippen molar-refractivity contribution < 1.29 is 19.2 Å². The van der Waals surface area contributed by atoms with Crippen molar-refractivity contribution in [3.63, 3.8) is 0 Å². The molecule has 0 spiro atoms. The Kier molecular flexibility index (Phi) is 3.99. The molecule has 0 bridgehead atoms. The number of nitrogens with zero attached hydrogens (tertiary/aromatic N) is 1. The number of hydrogen-bond acceptors (Lipinski definition) is 6. The monoisotopic (exact) mass is 295 g/mol. The van der Waals surface area contributed by atoms with Crippen LogP contribution in [0.4, 0.5) is 11.4 Å². The zero-order chi connectivity index (χ0) is 15.6. The Morgan fingerprint density at radius 2 is 1.95 bits per heavy atom. The lowest BCUT2D eigenvalue weighted by atomic mass is 9.92. The minimum Gasteiger partial charge on any atom is -0.486 e. The predicted molar refractivity (Wildman–Crippen MR) is 75.6 cm³/mol. The van der Waals surface area contributed by atoms with Gasteiger partial charge in [-0.1, -0.05) is 0 Å². The summed E-state index contributed by atoms with van der Waals surface area (Å²) in [5.41, 5.74) is 4.51. The van der Waals surface area contributed by atoms with E-state index in [0.29, 0.717) is 24.7 Å². The van der Waals surface area contributed by atoms with Crippen LogP contribution >= 0.6 is 0 Å². The van der Waals surface area contributed by atoms with Crippen molar-refractivity contribution >= 4 is 17.3 Å². The highest BCUT2D eigenvalue weighted by Crippen LogP contribution is 2.39. The summed E-state index contributed by atoms with van der Waals surface area (Å²) in [6.07, 6.45) is 0. The van der Waals surface area contributed by atoms with Gasteiger partial charge in [0.1, 0.15) is 18.9 Å². The molecule has 0 saturated carbocycles. The first-order chi connectivity index (χ1) is 9.85. The molecule has 1 amide bonds. The molecular formula is C13H17N3O5. The Hall–Kier alpha value is -2.35. The number of nitrogens with two attached hydrogens (primary N) is 1. The van der Waals surface area contributed by atoms with Crippen molar-refractivity contribution in [1.29, 1.82) is 0 Å². The molecule has 0 aliphatic carbocycles. The number of hydrogen-bond donors (Lipinski definition) is 2. The lowest BCUT2D eigenvalue weighted by Crippen LogP contribution is -2.37. The van der Waals surface area contributed by atoms with Gasteiger partial charge < -0.3 is 20.5 Å². The molecule has 1 aliphatic heterocycles. The van der Waals surface area contributed by atoms with Gasteiger partial charge in [0.15, 0.2) is 11.5 Å². The van der Waals surface area contributed by atoms with E-state index in [2.05, 4.69) is 5.32 Å². The number of nitrogens with one attached hydrogen (secondary N) is 1. The average Bonchev–Trinajstić information content (AvgIpc) is 2.46. The largest absolute Gasteiger partial charge is 0.486 e. The topological polar surface area (TPSA) is 117 Å². The van der Waals surface area contributed by atoms with E-state index in [9.17, 15) is 14.9 Å². The van der Waals surface area contributed by atoms with Crippen molar-refractivity contribution in [1.82, 2.24) is 0 Å². The van der Waals surface area contributed by atoms with E-state index in [1.54, 1.807) is 13.8 Å². The molecule has 0 aromatic heterocycles. The van der Waals surface area contributed by atoms with Crippen molar-refractivity contribution in [2.45, 2.75) is 13.8 Å². The van der Waals surface area contributed by atoms with Gasteiger partial charge in [-0.05, 0) is 13.8 Å². The Morgan fingerprint density at radius 3 is 2.48 bits per heavy atom. The van der Waals surface area contributed by atoms with Crippen molar-refractivity contribution in [3.05, 3.63) is 22.2 Å². The molecule has 2 rings (SSSR count). The van der Waals surface area contributed by atoms with Gasteiger partial charge in [0, 0.05) is 12.6 Å². The molecule has 1 aromatic rings. The third kappa shape index (κ3) is 3.05. The maximum absolute atomic E-state index is 12.1. The SMILES string of the molecule is CC(C)(CN)C(=O)Nc1cc2c(cc1[N+](=O)[O-])OCCO2. The molecule has 114 valence electrons. The predicted octanol–water partition coefficient (Wildman–Crippen LogP) is 1.29. The van der Waals surface area contributed by atoms with Gasteiger partial charge in [-0.15, -0.1) is 0 Å². The average molecular weight is 295 g/mol. The Labute approximate surface area is 121 Å². The molecule has 8 nitrogen and oxygen atoms in total. The lowest BCUT2D eigenvalue weighted by Gasteiger charge is -2.22. The summed E-state index contributed by atoms with van der Waals surface area (Å²) in [5, 5.41) is 13.7. The van der Waals surface area contributed by atoms with Crippen LogP contribution in [0.1, 0.15) is 13.8 Å². The number of rotatable bonds is 4. The molecule has 3 N–H and O–H groups in total. The Bertz CT molecular complexity index is 585. The molecule has 8 heteroatoms. The maximum Gasteiger partial charge on any atom is 0.296 e. The molecule has 0 unspecified atom stereocenters. The van der Waals surface area contributed by atoms with Gasteiger partial charge in [0.25, 0.3) is 5.69 Å². The third-order valence-corrected chi connectivity index (χ3v) is 3.23. The second-order valence-electron chi connectivity index (χ2n) is 5.31. The lowest BCUT2D eigenvalue weighted by molar-refractivity contribution is -0.384. The van der Waals surface area contributed by atoms with Crippen molar-refractivity contribution in [3.8, 4) is 11.5 Å². The van der Waals surface area contributed by atoms with Gasteiger partial charge in [0.2, 0.25) is 5.91 Å². The van der Waals surface area contributed by atoms with Crippen LogP contribution in [0.5, 0.6) is 11.5 Å². The quantitative estimate of drug-likeness (QED) is 0.638. The highest BCUT2D eigenvalue weighted by Gasteiger charge is 2.29. The standard InChI is InChI=1S/C13H17N3O5/c1-13(2,7-14)12(17)15-8-5-10-11(21-4-3-20-10)6-9(8)16(18)19/h5-6H,3-4,7,14H2,1-2H3,(H,15,17). The second kappa shape index (κ2) is 5.57. The van der Waals surface area contributed by atoms with Crippen LogP contribution in [0.2, 0.25) is 0 Å². The maximum atomic E-state index is 12.1. The molecule has 1 aliphatic rings. The van der Waals surface area contributed by atoms with Gasteiger partial charge in [-0.25, -0.2) is 0 Å². The summed E-state index contributed by atoms with van der Waals surface area (Å²) in [5.74, 6) is 0.265. The van der Waals surface area contributed by atoms with Gasteiger partial charge in [-0.3, -0.25) is 14.9 Å². The number of nitro groups is 1. The van der Waals surface area contributed by atoms with E-state index in [-0.39, 0.29) is 17.9 Å². The summed E-state index contributed by atoms with van der Waals surface area (Å²) in [7, 11) is 0. The van der Waals surface area contributed by atoms with E-state index < -0.39 is 16.2 Å². The molecule has 0 saturated heterocycles. The fourth-order valence-corrected chi connectivity index (χ4v) is 1.71. The number of amides is 1. The fraction of sp³-hybridized carbons (Fsp3) is 0.462. The van der Waals surface area contributed by atoms with Crippen LogP contribution in [0.15, 0.2) is 12.1 Å². The van der Waals surface area contributed by atoms with Gasteiger partial charge in [-0.2, -0.15) is 0 Å². The van der Waals surface area contributed by atoms with Gasteiger partial charge >= 0.3 is 0 Å². The number of fused-ring (bicyclic) bond motifs is 1. The van der Waals surface area contributed by atoms with E-state index >= 15 is 0 Å². The summed E-state index contributed by atoms with van der Waals surface area (Å²) in [4.78, 5) is 22.7. The van der Waals surface area contributed by atoms with Crippen LogP contribution in [-0.4, -0.2) is 30.6 Å². The first-order valence-electron chi connectivity index (χ1n) is 6.44. The highest BCUT2D eigenvalue weighted by atomic mass is 16.6. The Morgan fingerprint density at radius 1 is 1.38 bits per heavy atom. The van der Waals surface area contributed by atoms with E-state index in [1.165, 1.54) is 12.1 Å². The second-order valence-corrected chi connectivity index (χ2v) is 5.31. The number of carbonyl (C=O) groups is 1. The van der Waals surface area contributed by atoms with Crippen LogP contribution in [0, 0.1) is 15.5 Å². The summed E-state index contributed by atoms with van der Waals surface area (Å²) in [6, 6.07) is 2.65. The zero-order valence-electron chi connectivity index (χ0n) is 11.8. The fourth-order valence-electron chi connectivity index (χ4n) is 1.71. The van der Waals surface area contributed by atoms with Gasteiger partial charge in [0.05, 0.1) is 16.4 Å². The molecule has 0 atom stereocenters. The molecular weight excluding hydrogens is 278 g/mol. The minimum atomic E-state index is -0.832. The number of benzene rings is 1. The smallest absolute Gasteiger partial charge is 0.296 e. The Balaban J connectivity index is 2.38. The third-order valence-electron chi connectivity index (χ3n) is 3.23.